The van der Waals surface area contributed by atoms with Gasteiger partial charge in [0.15, 0.2) is 0 Å². The minimum absolute atomic E-state index is 0.239. The highest BCUT2D eigenvalue weighted by atomic mass is 16.3. The molecule has 0 aliphatic heterocycles. The Kier molecular flexibility index (Phi) is 2.20. The van der Waals surface area contributed by atoms with Crippen LogP contribution in [-0.4, -0.2) is 21.9 Å². The monoisotopic (exact) mass is 198 g/mol. The number of hydrogen-bond acceptors (Lipinski definition) is 2. The van der Waals surface area contributed by atoms with Gasteiger partial charge in [0, 0.05) is 0 Å². The number of aliphatic hydroxyl groups excluding tert-OH is 1. The molecule has 0 aromatic carbocycles. The van der Waals surface area contributed by atoms with E-state index in [4.69, 9.17) is 0 Å². The first kappa shape index (κ1) is 10.4. The Morgan fingerprint density at radius 2 is 1.93 bits per heavy atom. The summed E-state index contributed by atoms with van der Waals surface area (Å²) in [5, 5.41) is 20.5. The van der Waals surface area contributed by atoms with Gasteiger partial charge in [-0.15, -0.1) is 0 Å². The number of aliphatic hydroxyl groups is 2. The molecular weight excluding hydrogens is 176 g/mol. The van der Waals surface area contributed by atoms with E-state index in [0.29, 0.717) is 11.8 Å². The largest absolute Gasteiger partial charge is 0.390 e. The standard InChI is InChI=1S/C12H22O2/c1-4-5-12(14)9-6-8(7-10(12)13)11(9,2)3/h8-10,13-14H,4-7H2,1-3H3/t8?,9?,10?,12-/m1/s1. The molecule has 14 heavy (non-hydrogen) atoms. The van der Waals surface area contributed by atoms with Crippen LogP contribution in [0.2, 0.25) is 0 Å². The van der Waals surface area contributed by atoms with Crippen molar-refractivity contribution in [3.63, 3.8) is 0 Å². The van der Waals surface area contributed by atoms with Crippen molar-refractivity contribution in [1.29, 1.82) is 0 Å². The van der Waals surface area contributed by atoms with E-state index >= 15 is 0 Å². The molecule has 3 rings (SSSR count). The lowest BCUT2D eigenvalue weighted by molar-refractivity contribution is -0.255. The van der Waals surface area contributed by atoms with E-state index in [9.17, 15) is 10.2 Å². The van der Waals surface area contributed by atoms with Gasteiger partial charge < -0.3 is 10.2 Å². The van der Waals surface area contributed by atoms with Gasteiger partial charge in [-0.1, -0.05) is 27.2 Å². The summed E-state index contributed by atoms with van der Waals surface area (Å²) >= 11 is 0. The molecule has 2 N–H and O–H groups in total. The Balaban J connectivity index is 2.22. The van der Waals surface area contributed by atoms with Gasteiger partial charge in [0.2, 0.25) is 0 Å². The minimum atomic E-state index is -0.799. The van der Waals surface area contributed by atoms with E-state index in [1.54, 1.807) is 0 Å². The molecule has 4 atom stereocenters. The molecular formula is C12H22O2. The van der Waals surface area contributed by atoms with Crippen LogP contribution < -0.4 is 0 Å². The maximum Gasteiger partial charge on any atom is 0.0938 e. The van der Waals surface area contributed by atoms with E-state index in [2.05, 4.69) is 20.8 Å². The molecule has 0 aromatic rings. The average Bonchev–Trinajstić information content (AvgIpc) is 2.09. The third-order valence-corrected chi connectivity index (χ3v) is 4.81. The van der Waals surface area contributed by atoms with E-state index in [1.807, 2.05) is 0 Å². The Morgan fingerprint density at radius 1 is 1.29 bits per heavy atom. The second-order valence-corrected chi connectivity index (χ2v) is 5.80. The second kappa shape index (κ2) is 2.96. The maximum atomic E-state index is 10.5. The number of rotatable bonds is 2. The van der Waals surface area contributed by atoms with Crippen molar-refractivity contribution in [3.05, 3.63) is 0 Å². The summed E-state index contributed by atoms with van der Waals surface area (Å²) in [4.78, 5) is 0. The Morgan fingerprint density at radius 3 is 2.43 bits per heavy atom. The Hall–Kier alpha value is -0.0800. The fourth-order valence-electron chi connectivity index (χ4n) is 3.71. The summed E-state index contributed by atoms with van der Waals surface area (Å²) < 4.78 is 0. The predicted octanol–water partition coefficient (Wildman–Crippen LogP) is 1.94. The molecule has 0 saturated heterocycles. The van der Waals surface area contributed by atoms with Crippen LogP contribution in [-0.2, 0) is 0 Å². The lowest BCUT2D eigenvalue weighted by Crippen LogP contribution is -2.67. The van der Waals surface area contributed by atoms with Gasteiger partial charge in [0.25, 0.3) is 0 Å². The summed E-state index contributed by atoms with van der Waals surface area (Å²) in [7, 11) is 0. The lowest BCUT2D eigenvalue weighted by atomic mass is 9.43. The number of hydrogen-bond donors (Lipinski definition) is 2. The van der Waals surface area contributed by atoms with Gasteiger partial charge in [-0.25, -0.2) is 0 Å². The summed E-state index contributed by atoms with van der Waals surface area (Å²) in [6.45, 7) is 6.54. The van der Waals surface area contributed by atoms with Gasteiger partial charge in [-0.3, -0.25) is 0 Å². The lowest BCUT2D eigenvalue weighted by Gasteiger charge is -2.65. The Bertz CT molecular complexity index is 236. The third kappa shape index (κ3) is 1.10. The first-order valence-corrected chi connectivity index (χ1v) is 5.83. The van der Waals surface area contributed by atoms with Gasteiger partial charge in [0.05, 0.1) is 11.7 Å². The molecule has 0 heterocycles. The van der Waals surface area contributed by atoms with Crippen molar-refractivity contribution < 1.29 is 10.2 Å². The van der Waals surface area contributed by atoms with E-state index in [1.165, 1.54) is 0 Å². The maximum absolute atomic E-state index is 10.5. The van der Waals surface area contributed by atoms with Crippen LogP contribution in [0.1, 0.15) is 46.5 Å². The van der Waals surface area contributed by atoms with Gasteiger partial charge in [-0.2, -0.15) is 0 Å². The molecule has 2 nitrogen and oxygen atoms in total. The van der Waals surface area contributed by atoms with Gasteiger partial charge in [-0.05, 0) is 36.5 Å². The SMILES string of the molecule is CCC[C@]1(O)C(O)CC2CC1C2(C)C. The zero-order chi connectivity index (χ0) is 10.6. The quantitative estimate of drug-likeness (QED) is 0.712. The van der Waals surface area contributed by atoms with Crippen molar-refractivity contribution in [2.24, 2.45) is 17.3 Å². The molecule has 82 valence electrons. The van der Waals surface area contributed by atoms with Crippen LogP contribution in [0.25, 0.3) is 0 Å². The van der Waals surface area contributed by atoms with Crippen molar-refractivity contribution >= 4 is 0 Å². The molecule has 3 fully saturated rings. The predicted molar refractivity (Wildman–Crippen MR) is 55.9 cm³/mol. The van der Waals surface area contributed by atoms with Crippen LogP contribution in [0.4, 0.5) is 0 Å². The van der Waals surface area contributed by atoms with Crippen molar-refractivity contribution in [3.8, 4) is 0 Å². The molecule has 0 aromatic heterocycles. The zero-order valence-electron chi connectivity index (χ0n) is 9.45. The fraction of sp³-hybridized carbons (Fsp3) is 1.00. The van der Waals surface area contributed by atoms with Crippen molar-refractivity contribution in [2.45, 2.75) is 58.2 Å². The van der Waals surface area contributed by atoms with Crippen LogP contribution >= 0.6 is 0 Å². The van der Waals surface area contributed by atoms with Crippen LogP contribution in [0, 0.1) is 17.3 Å². The topological polar surface area (TPSA) is 40.5 Å². The summed E-state index contributed by atoms with van der Waals surface area (Å²) in [6.07, 6.45) is 3.11. The molecule has 2 heteroatoms. The molecule has 0 spiro atoms. The summed E-state index contributed by atoms with van der Waals surface area (Å²) in [6, 6.07) is 0. The van der Waals surface area contributed by atoms with Gasteiger partial charge in [0.1, 0.15) is 0 Å². The highest BCUT2D eigenvalue weighted by Crippen LogP contribution is 2.63. The highest BCUT2D eigenvalue weighted by Gasteiger charge is 2.63. The van der Waals surface area contributed by atoms with Crippen LogP contribution in [0.15, 0.2) is 0 Å². The average molecular weight is 198 g/mol. The van der Waals surface area contributed by atoms with E-state index < -0.39 is 11.7 Å². The summed E-state index contributed by atoms with van der Waals surface area (Å²) in [5.41, 5.74) is -0.559. The smallest absolute Gasteiger partial charge is 0.0938 e. The second-order valence-electron chi connectivity index (χ2n) is 5.80. The van der Waals surface area contributed by atoms with E-state index in [0.717, 1.165) is 25.7 Å². The van der Waals surface area contributed by atoms with Gasteiger partial charge >= 0.3 is 0 Å². The molecule has 0 radical (unpaired) electrons. The molecule has 3 unspecified atom stereocenters. The first-order chi connectivity index (χ1) is 6.43. The summed E-state index contributed by atoms with van der Waals surface area (Å²) in [5.74, 6) is 0.934. The highest BCUT2D eigenvalue weighted by molar-refractivity contribution is 5.13. The Labute approximate surface area is 86.3 Å². The molecule has 3 aliphatic carbocycles. The molecule has 2 bridgehead atoms. The first-order valence-electron chi connectivity index (χ1n) is 5.83. The van der Waals surface area contributed by atoms with Crippen molar-refractivity contribution in [1.82, 2.24) is 0 Å². The normalized spacial score (nSPS) is 49.9. The molecule has 3 saturated carbocycles. The fourth-order valence-corrected chi connectivity index (χ4v) is 3.71. The number of fused-ring (bicyclic) bond motifs is 2. The van der Waals surface area contributed by atoms with Crippen LogP contribution in [0.3, 0.4) is 0 Å². The zero-order valence-corrected chi connectivity index (χ0v) is 9.45. The van der Waals surface area contributed by atoms with Crippen LogP contribution in [0.5, 0.6) is 0 Å². The van der Waals surface area contributed by atoms with E-state index in [-0.39, 0.29) is 5.41 Å². The molecule has 0 amide bonds. The molecule has 3 aliphatic rings. The van der Waals surface area contributed by atoms with Crippen molar-refractivity contribution in [2.75, 3.05) is 0 Å². The minimum Gasteiger partial charge on any atom is -0.390 e. The third-order valence-electron chi connectivity index (χ3n) is 4.81.